The molecule has 0 aliphatic heterocycles. The third-order valence-electron chi connectivity index (χ3n) is 3.93. The molecule has 3 aromatic carbocycles. The van der Waals surface area contributed by atoms with Gasteiger partial charge in [-0.1, -0.05) is 30.3 Å². The molecule has 0 saturated heterocycles. The number of hydrogen-bond donors (Lipinski definition) is 1. The van der Waals surface area contributed by atoms with Crippen LogP contribution in [0.3, 0.4) is 0 Å². The number of ether oxygens (including phenoxy) is 2. The van der Waals surface area contributed by atoms with E-state index in [-0.39, 0.29) is 11.9 Å². The molecule has 0 aliphatic rings. The summed E-state index contributed by atoms with van der Waals surface area (Å²) in [5.41, 5.74) is 1.87. The summed E-state index contributed by atoms with van der Waals surface area (Å²) >= 11 is 0. The summed E-state index contributed by atoms with van der Waals surface area (Å²) < 4.78 is 10.7. The Kier molecular flexibility index (Phi) is 6.79. The molecule has 0 aliphatic carbocycles. The minimum absolute atomic E-state index is 0.275. The second-order valence-corrected chi connectivity index (χ2v) is 6.11. The van der Waals surface area contributed by atoms with Gasteiger partial charge in [0.15, 0.2) is 0 Å². The van der Waals surface area contributed by atoms with E-state index in [1.807, 2.05) is 54.6 Å². The summed E-state index contributed by atoms with van der Waals surface area (Å²) in [7, 11) is 0. The Morgan fingerprint density at radius 3 is 2.34 bits per heavy atom. The van der Waals surface area contributed by atoms with Crippen molar-refractivity contribution in [2.75, 3.05) is 11.9 Å². The van der Waals surface area contributed by atoms with Gasteiger partial charge in [0.1, 0.15) is 11.5 Å². The number of anilines is 1. The predicted octanol–water partition coefficient (Wildman–Crippen LogP) is 5.31. The highest BCUT2D eigenvalue weighted by atomic mass is 16.5. The number of esters is 1. The number of carbonyl (C=O) groups excluding carboxylic acids is 2. The Hall–Kier alpha value is -3.86. The topological polar surface area (TPSA) is 64.6 Å². The van der Waals surface area contributed by atoms with E-state index in [1.54, 1.807) is 37.3 Å². The van der Waals surface area contributed by atoms with E-state index >= 15 is 0 Å². The van der Waals surface area contributed by atoms with Crippen LogP contribution in [0.2, 0.25) is 0 Å². The van der Waals surface area contributed by atoms with Crippen molar-refractivity contribution in [2.45, 2.75) is 6.92 Å². The van der Waals surface area contributed by atoms with Crippen LogP contribution < -0.4 is 10.1 Å². The molecule has 1 amide bonds. The molecule has 0 unspecified atom stereocenters. The third-order valence-corrected chi connectivity index (χ3v) is 3.93. The van der Waals surface area contributed by atoms with Gasteiger partial charge in [0.2, 0.25) is 5.91 Å². The molecule has 3 rings (SSSR count). The quantitative estimate of drug-likeness (QED) is 0.441. The van der Waals surface area contributed by atoms with Crippen molar-refractivity contribution in [3.8, 4) is 11.5 Å². The number of amides is 1. The number of nitrogens with one attached hydrogen (secondary N) is 1. The minimum Gasteiger partial charge on any atom is -0.462 e. The number of para-hydroxylation sites is 1. The van der Waals surface area contributed by atoms with Crippen molar-refractivity contribution in [2.24, 2.45) is 0 Å². The highest BCUT2D eigenvalue weighted by Crippen LogP contribution is 2.22. The predicted molar refractivity (Wildman–Crippen MR) is 113 cm³/mol. The Balaban J connectivity index is 1.59. The van der Waals surface area contributed by atoms with Gasteiger partial charge >= 0.3 is 5.97 Å². The molecule has 3 aromatic rings. The van der Waals surface area contributed by atoms with Gasteiger partial charge in [0.25, 0.3) is 0 Å². The van der Waals surface area contributed by atoms with Gasteiger partial charge in [-0.2, -0.15) is 0 Å². The summed E-state index contributed by atoms with van der Waals surface area (Å²) in [6.07, 6.45) is 3.15. The van der Waals surface area contributed by atoms with Crippen LogP contribution in [0.15, 0.2) is 84.9 Å². The number of hydrogen-bond acceptors (Lipinski definition) is 4. The van der Waals surface area contributed by atoms with Crippen molar-refractivity contribution in [1.82, 2.24) is 0 Å². The molecule has 0 bridgehead atoms. The molecule has 0 spiro atoms. The van der Waals surface area contributed by atoms with Crippen molar-refractivity contribution in [3.05, 3.63) is 96.1 Å². The van der Waals surface area contributed by atoms with E-state index in [1.165, 1.54) is 6.08 Å². The van der Waals surface area contributed by atoms with E-state index in [0.29, 0.717) is 23.6 Å². The fraction of sp³-hybridized carbons (Fsp3) is 0.0833. The van der Waals surface area contributed by atoms with Crippen LogP contribution >= 0.6 is 0 Å². The van der Waals surface area contributed by atoms with Gasteiger partial charge < -0.3 is 14.8 Å². The standard InChI is InChI=1S/C24H21NO4/c1-2-28-24(27)19-12-14-20(15-13-19)25-23(26)16-11-18-7-6-10-22(17-18)29-21-8-4-3-5-9-21/h3-17H,2H2,1H3,(H,25,26)/b16-11+. The minimum atomic E-state index is -0.386. The first-order chi connectivity index (χ1) is 14.1. The van der Waals surface area contributed by atoms with Crippen molar-refractivity contribution < 1.29 is 19.1 Å². The van der Waals surface area contributed by atoms with E-state index < -0.39 is 0 Å². The summed E-state index contributed by atoms with van der Waals surface area (Å²) in [6.45, 7) is 2.07. The average molecular weight is 387 g/mol. The van der Waals surface area contributed by atoms with Crippen molar-refractivity contribution >= 4 is 23.6 Å². The lowest BCUT2D eigenvalue weighted by Crippen LogP contribution is -2.08. The first kappa shape index (κ1) is 19.9. The maximum Gasteiger partial charge on any atom is 0.338 e. The Morgan fingerprint density at radius 1 is 0.897 bits per heavy atom. The molecule has 0 heterocycles. The van der Waals surface area contributed by atoms with Crippen LogP contribution in [-0.2, 0) is 9.53 Å². The largest absolute Gasteiger partial charge is 0.462 e. The van der Waals surface area contributed by atoms with E-state index in [0.717, 1.165) is 11.3 Å². The molecule has 29 heavy (non-hydrogen) atoms. The first-order valence-electron chi connectivity index (χ1n) is 9.23. The summed E-state index contributed by atoms with van der Waals surface area (Å²) in [5.74, 6) is 0.775. The molecule has 1 N–H and O–H groups in total. The monoisotopic (exact) mass is 387 g/mol. The van der Waals surface area contributed by atoms with Crippen LogP contribution in [0.1, 0.15) is 22.8 Å². The number of carbonyl (C=O) groups is 2. The maximum absolute atomic E-state index is 12.2. The van der Waals surface area contributed by atoms with Gasteiger partial charge in [0, 0.05) is 11.8 Å². The van der Waals surface area contributed by atoms with Gasteiger partial charge in [0.05, 0.1) is 12.2 Å². The second-order valence-electron chi connectivity index (χ2n) is 6.11. The van der Waals surface area contributed by atoms with Crippen LogP contribution in [0.4, 0.5) is 5.69 Å². The smallest absolute Gasteiger partial charge is 0.338 e. The maximum atomic E-state index is 12.2. The fourth-order valence-electron chi connectivity index (χ4n) is 2.57. The second kappa shape index (κ2) is 9.90. The molecule has 0 saturated carbocycles. The van der Waals surface area contributed by atoms with Gasteiger partial charge in [-0.05, 0) is 67.1 Å². The molecular formula is C24H21NO4. The van der Waals surface area contributed by atoms with Crippen LogP contribution in [0, 0.1) is 0 Å². The van der Waals surface area contributed by atoms with Crippen molar-refractivity contribution in [3.63, 3.8) is 0 Å². The number of benzene rings is 3. The van der Waals surface area contributed by atoms with Crippen LogP contribution in [0.25, 0.3) is 6.08 Å². The SMILES string of the molecule is CCOC(=O)c1ccc(NC(=O)/C=C/c2cccc(Oc3ccccc3)c2)cc1. The summed E-state index contributed by atoms with van der Waals surface area (Å²) in [4.78, 5) is 23.8. The zero-order valence-electron chi connectivity index (χ0n) is 16.0. The zero-order valence-corrected chi connectivity index (χ0v) is 16.0. The molecule has 0 fully saturated rings. The third kappa shape index (κ3) is 6.07. The highest BCUT2D eigenvalue weighted by Gasteiger charge is 2.06. The number of rotatable bonds is 7. The van der Waals surface area contributed by atoms with Gasteiger partial charge in [-0.15, -0.1) is 0 Å². The highest BCUT2D eigenvalue weighted by molar-refractivity contribution is 6.02. The van der Waals surface area contributed by atoms with E-state index in [2.05, 4.69) is 5.32 Å². The first-order valence-corrected chi connectivity index (χ1v) is 9.23. The van der Waals surface area contributed by atoms with Crippen LogP contribution in [-0.4, -0.2) is 18.5 Å². The molecule has 146 valence electrons. The van der Waals surface area contributed by atoms with E-state index in [4.69, 9.17) is 9.47 Å². The molecule has 0 atom stereocenters. The lowest BCUT2D eigenvalue weighted by Gasteiger charge is -2.06. The van der Waals surface area contributed by atoms with Crippen molar-refractivity contribution in [1.29, 1.82) is 0 Å². The molecule has 5 nitrogen and oxygen atoms in total. The van der Waals surface area contributed by atoms with Gasteiger partial charge in [-0.25, -0.2) is 4.79 Å². The Labute approximate surface area is 169 Å². The molecule has 0 aromatic heterocycles. The zero-order chi connectivity index (χ0) is 20.5. The Morgan fingerprint density at radius 2 is 1.62 bits per heavy atom. The van der Waals surface area contributed by atoms with Gasteiger partial charge in [-0.3, -0.25) is 4.79 Å². The fourth-order valence-corrected chi connectivity index (χ4v) is 2.57. The normalized spacial score (nSPS) is 10.5. The average Bonchev–Trinajstić information content (AvgIpc) is 2.74. The molecular weight excluding hydrogens is 366 g/mol. The summed E-state index contributed by atoms with van der Waals surface area (Å²) in [5, 5.41) is 2.76. The van der Waals surface area contributed by atoms with E-state index in [9.17, 15) is 9.59 Å². The molecule has 5 heteroatoms. The lowest BCUT2D eigenvalue weighted by molar-refractivity contribution is -0.111. The van der Waals surface area contributed by atoms with Crippen LogP contribution in [0.5, 0.6) is 11.5 Å². The summed E-state index contributed by atoms with van der Waals surface area (Å²) in [6, 6.07) is 23.5. The lowest BCUT2D eigenvalue weighted by atomic mass is 10.2. The Bertz CT molecular complexity index is 995. The molecule has 0 radical (unpaired) electrons.